The zero-order valence-corrected chi connectivity index (χ0v) is 15.6. The molecule has 0 spiro atoms. The van der Waals surface area contributed by atoms with Crippen LogP contribution in [-0.2, 0) is 16.1 Å². The van der Waals surface area contributed by atoms with Gasteiger partial charge in [-0.3, -0.25) is 9.78 Å². The number of hydrogen-bond acceptors (Lipinski definition) is 6. The average molecular weight is 365 g/mol. The number of aromatic nitrogens is 1. The molecule has 3 heterocycles. The number of nitrogens with zero attached hydrogens (tertiary/aromatic N) is 3. The van der Waals surface area contributed by atoms with Gasteiger partial charge in [0.2, 0.25) is 0 Å². The standard InChI is InChI=1S/C21H23N3O3/c1-15(25)26-13-17-11-19-20(14-27-21(19)12-22-17)16-3-5-18(6-4-16)24-9-7-23(2)8-10-24/h3-6,11-12,14H,7-10,13H2,1-2H3. The van der Waals surface area contributed by atoms with Gasteiger partial charge >= 0.3 is 5.97 Å². The predicted molar refractivity (Wildman–Crippen MR) is 105 cm³/mol. The average Bonchev–Trinajstić information content (AvgIpc) is 3.10. The molecule has 6 heteroatoms. The van der Waals surface area contributed by atoms with E-state index < -0.39 is 0 Å². The summed E-state index contributed by atoms with van der Waals surface area (Å²) in [4.78, 5) is 20.1. The number of pyridine rings is 1. The zero-order valence-electron chi connectivity index (χ0n) is 15.6. The molecule has 1 aliphatic heterocycles. The molecule has 0 aliphatic carbocycles. The minimum absolute atomic E-state index is 0.165. The number of furan rings is 1. The lowest BCUT2D eigenvalue weighted by molar-refractivity contribution is -0.142. The molecule has 1 aliphatic rings. The van der Waals surface area contributed by atoms with Gasteiger partial charge in [0, 0.05) is 49.7 Å². The van der Waals surface area contributed by atoms with Gasteiger partial charge in [-0.15, -0.1) is 0 Å². The first-order chi connectivity index (χ1) is 13.1. The summed E-state index contributed by atoms with van der Waals surface area (Å²) in [6.45, 7) is 5.84. The highest BCUT2D eigenvalue weighted by Gasteiger charge is 2.15. The second-order valence-electron chi connectivity index (χ2n) is 6.94. The quantitative estimate of drug-likeness (QED) is 0.661. The van der Waals surface area contributed by atoms with Crippen LogP contribution in [0.5, 0.6) is 0 Å². The normalized spacial score (nSPS) is 15.3. The second kappa shape index (κ2) is 7.40. The number of ether oxygens (including phenoxy) is 1. The van der Waals surface area contributed by atoms with E-state index in [0.29, 0.717) is 5.69 Å². The fraction of sp³-hybridized carbons (Fsp3) is 0.333. The molecule has 6 nitrogen and oxygen atoms in total. The maximum absolute atomic E-state index is 11.0. The van der Waals surface area contributed by atoms with E-state index in [0.717, 1.165) is 48.3 Å². The van der Waals surface area contributed by atoms with E-state index >= 15 is 0 Å². The van der Waals surface area contributed by atoms with E-state index in [2.05, 4.69) is 46.1 Å². The number of carbonyl (C=O) groups excluding carboxylic acids is 1. The van der Waals surface area contributed by atoms with Gasteiger partial charge in [-0.25, -0.2) is 0 Å². The molecule has 0 unspecified atom stereocenters. The molecule has 4 rings (SSSR count). The lowest BCUT2D eigenvalue weighted by Gasteiger charge is -2.34. The second-order valence-corrected chi connectivity index (χ2v) is 6.94. The first-order valence-electron chi connectivity index (χ1n) is 9.13. The van der Waals surface area contributed by atoms with Crippen molar-refractivity contribution in [2.45, 2.75) is 13.5 Å². The minimum atomic E-state index is -0.316. The number of fused-ring (bicyclic) bond motifs is 1. The van der Waals surface area contributed by atoms with Gasteiger partial charge in [-0.05, 0) is 30.8 Å². The summed E-state index contributed by atoms with van der Waals surface area (Å²) in [5.41, 5.74) is 4.78. The van der Waals surface area contributed by atoms with Crippen LogP contribution in [0.4, 0.5) is 5.69 Å². The van der Waals surface area contributed by atoms with Crippen LogP contribution in [0.2, 0.25) is 0 Å². The predicted octanol–water partition coefficient (Wildman–Crippen LogP) is 3.31. The molecule has 1 aromatic carbocycles. The van der Waals surface area contributed by atoms with Crippen LogP contribution in [0, 0.1) is 0 Å². The number of likely N-dealkylation sites (N-methyl/N-ethyl adjacent to an activating group) is 1. The van der Waals surface area contributed by atoms with Gasteiger partial charge in [0.25, 0.3) is 0 Å². The molecular formula is C21H23N3O3. The van der Waals surface area contributed by atoms with Gasteiger partial charge in [-0.2, -0.15) is 0 Å². The van der Waals surface area contributed by atoms with E-state index in [1.165, 1.54) is 12.6 Å². The van der Waals surface area contributed by atoms with Gasteiger partial charge in [-0.1, -0.05) is 12.1 Å². The first kappa shape index (κ1) is 17.5. The van der Waals surface area contributed by atoms with Crippen LogP contribution in [0.3, 0.4) is 0 Å². The summed E-state index contributed by atoms with van der Waals surface area (Å²) in [6, 6.07) is 10.5. The number of anilines is 1. The first-order valence-corrected chi connectivity index (χ1v) is 9.13. The molecule has 0 radical (unpaired) electrons. The molecule has 0 atom stereocenters. The van der Waals surface area contributed by atoms with Crippen molar-refractivity contribution in [3.63, 3.8) is 0 Å². The zero-order chi connectivity index (χ0) is 18.8. The summed E-state index contributed by atoms with van der Waals surface area (Å²) in [6.07, 6.45) is 3.43. The van der Waals surface area contributed by atoms with E-state index in [4.69, 9.17) is 9.15 Å². The van der Waals surface area contributed by atoms with Crippen molar-refractivity contribution in [2.75, 3.05) is 38.1 Å². The molecule has 27 heavy (non-hydrogen) atoms. The summed E-state index contributed by atoms with van der Waals surface area (Å²) in [5, 5.41) is 0.972. The van der Waals surface area contributed by atoms with E-state index in [-0.39, 0.29) is 12.6 Å². The lowest BCUT2D eigenvalue weighted by Crippen LogP contribution is -2.44. The highest BCUT2D eigenvalue weighted by atomic mass is 16.5. The number of hydrogen-bond donors (Lipinski definition) is 0. The Morgan fingerprint density at radius 1 is 1.19 bits per heavy atom. The summed E-state index contributed by atoms with van der Waals surface area (Å²) in [5.74, 6) is -0.316. The number of piperazine rings is 1. The van der Waals surface area contributed by atoms with Gasteiger partial charge in [0.05, 0.1) is 18.2 Å². The SMILES string of the molecule is CC(=O)OCc1cc2c(-c3ccc(N4CCN(C)CC4)cc3)coc2cn1. The molecule has 0 amide bonds. The number of esters is 1. The van der Waals surface area contributed by atoms with Crippen molar-refractivity contribution in [3.05, 3.63) is 48.5 Å². The summed E-state index contributed by atoms with van der Waals surface area (Å²) >= 11 is 0. The van der Waals surface area contributed by atoms with Crippen LogP contribution in [0.15, 0.2) is 47.2 Å². The van der Waals surface area contributed by atoms with Crippen LogP contribution >= 0.6 is 0 Å². The van der Waals surface area contributed by atoms with E-state index in [9.17, 15) is 4.79 Å². The smallest absolute Gasteiger partial charge is 0.303 e. The molecule has 2 aromatic heterocycles. The highest BCUT2D eigenvalue weighted by molar-refractivity contribution is 5.94. The van der Waals surface area contributed by atoms with Crippen LogP contribution in [-0.4, -0.2) is 49.1 Å². The molecule has 0 N–H and O–H groups in total. The van der Waals surface area contributed by atoms with Crippen molar-refractivity contribution < 1.29 is 13.9 Å². The Kier molecular flexibility index (Phi) is 4.81. The van der Waals surface area contributed by atoms with Crippen LogP contribution in [0.1, 0.15) is 12.6 Å². The number of carbonyl (C=O) groups is 1. The van der Waals surface area contributed by atoms with E-state index in [1.807, 2.05) is 6.07 Å². The molecular weight excluding hydrogens is 342 g/mol. The number of benzene rings is 1. The monoisotopic (exact) mass is 365 g/mol. The molecule has 0 saturated carbocycles. The maximum Gasteiger partial charge on any atom is 0.303 e. The van der Waals surface area contributed by atoms with Crippen LogP contribution < -0.4 is 4.90 Å². The Balaban J connectivity index is 1.58. The number of rotatable bonds is 4. The largest absolute Gasteiger partial charge is 0.462 e. The third-order valence-electron chi connectivity index (χ3n) is 4.99. The molecule has 0 bridgehead atoms. The topological polar surface area (TPSA) is 58.8 Å². The summed E-state index contributed by atoms with van der Waals surface area (Å²) in [7, 11) is 2.16. The molecule has 1 saturated heterocycles. The minimum Gasteiger partial charge on any atom is -0.462 e. The van der Waals surface area contributed by atoms with Gasteiger partial charge in [0.15, 0.2) is 5.58 Å². The fourth-order valence-corrected chi connectivity index (χ4v) is 3.37. The fourth-order valence-electron chi connectivity index (χ4n) is 3.37. The Morgan fingerprint density at radius 3 is 2.63 bits per heavy atom. The van der Waals surface area contributed by atoms with Gasteiger partial charge in [0.1, 0.15) is 6.61 Å². The highest BCUT2D eigenvalue weighted by Crippen LogP contribution is 2.32. The Morgan fingerprint density at radius 2 is 1.93 bits per heavy atom. The Labute approximate surface area is 158 Å². The van der Waals surface area contributed by atoms with Crippen molar-refractivity contribution in [1.29, 1.82) is 0 Å². The van der Waals surface area contributed by atoms with Crippen molar-refractivity contribution in [1.82, 2.24) is 9.88 Å². The Bertz CT molecular complexity index is 941. The summed E-state index contributed by atoms with van der Waals surface area (Å²) < 4.78 is 10.7. The Hall–Kier alpha value is -2.86. The van der Waals surface area contributed by atoms with Gasteiger partial charge < -0.3 is 19.0 Å². The van der Waals surface area contributed by atoms with Crippen molar-refractivity contribution >= 4 is 22.6 Å². The molecule has 1 fully saturated rings. The maximum atomic E-state index is 11.0. The molecule has 3 aromatic rings. The molecule has 140 valence electrons. The van der Waals surface area contributed by atoms with Crippen LogP contribution in [0.25, 0.3) is 22.1 Å². The third kappa shape index (κ3) is 3.80. The third-order valence-corrected chi connectivity index (χ3v) is 4.99. The van der Waals surface area contributed by atoms with Crippen molar-refractivity contribution in [3.8, 4) is 11.1 Å². The van der Waals surface area contributed by atoms with E-state index in [1.54, 1.807) is 12.5 Å². The lowest BCUT2D eigenvalue weighted by atomic mass is 10.0. The van der Waals surface area contributed by atoms with Crippen molar-refractivity contribution in [2.24, 2.45) is 0 Å².